The van der Waals surface area contributed by atoms with Crippen molar-refractivity contribution in [2.75, 3.05) is 0 Å². The van der Waals surface area contributed by atoms with Crippen molar-refractivity contribution in [2.24, 2.45) is 0 Å². The second-order valence-corrected chi connectivity index (χ2v) is 0. The van der Waals surface area contributed by atoms with E-state index in [0.717, 1.165) is 0 Å². The Balaban J connectivity index is -0.00000000167. The molecule has 41 valence electrons. The topological polar surface area (TPSA) is 0 Å². The van der Waals surface area contributed by atoms with Crippen LogP contribution in [0.2, 0.25) is 6.82 Å². The zero-order valence-corrected chi connectivity index (χ0v) is 14.5. The molecular formula is C4H11BY3-2. The van der Waals surface area contributed by atoms with Crippen molar-refractivity contribution in [2.45, 2.75) is 13.7 Å². The fourth-order valence-electron chi connectivity index (χ4n) is 0. The molecule has 0 spiro atoms. The van der Waals surface area contributed by atoms with Gasteiger partial charge in [-0.3, -0.25) is 0 Å². The molecule has 5 radical (unpaired) electrons. The van der Waals surface area contributed by atoms with Crippen LogP contribution in [0.3, 0.4) is 0 Å². The van der Waals surface area contributed by atoms with Gasteiger partial charge in [0, 0.05) is 98.1 Å². The average Bonchev–Trinajstić information content (AvgIpc) is 1.50. The van der Waals surface area contributed by atoms with Gasteiger partial charge in [0.1, 0.15) is 0 Å². The molecule has 0 fully saturated rings. The molecule has 0 nitrogen and oxygen atoms in total. The fourth-order valence-corrected chi connectivity index (χ4v) is 0. The van der Waals surface area contributed by atoms with Crippen molar-refractivity contribution >= 4 is 7.85 Å². The van der Waals surface area contributed by atoms with Crippen molar-refractivity contribution in [1.29, 1.82) is 0 Å². The Morgan fingerprint density at radius 2 is 0.875 bits per heavy atom. The van der Waals surface area contributed by atoms with E-state index in [0.29, 0.717) is 0 Å². The molecule has 0 amide bonds. The maximum atomic E-state index is 4.50. The first-order valence-corrected chi connectivity index (χ1v) is 1.28. The summed E-state index contributed by atoms with van der Waals surface area (Å²) in [4.78, 5) is 0. The Morgan fingerprint density at radius 1 is 0.875 bits per heavy atom. The smallest absolute Gasteiger partial charge is 0.0606 e. The Kier molecular flexibility index (Phi) is 424. The Bertz CT molecular complexity index is 11.2. The minimum atomic E-state index is 0. The number of hydrogen-bond acceptors (Lipinski definition) is 0. The fraction of sp³-hybridized carbons (Fsp3) is 0.500. The van der Waals surface area contributed by atoms with Crippen LogP contribution in [-0.2, 0) is 98.1 Å². The van der Waals surface area contributed by atoms with Gasteiger partial charge in [-0.2, -0.15) is 6.92 Å². The SMILES string of the molecule is [B]C.[CH2-]C.[CH3-].[Y].[Y].[Y]. The van der Waals surface area contributed by atoms with Crippen molar-refractivity contribution in [3.8, 4) is 0 Å². The summed E-state index contributed by atoms with van der Waals surface area (Å²) in [5.41, 5.74) is 0. The standard InChI is InChI=1S/C2H5.CH3B.CH3.3Y/c2*1-2;;;;/h1H2,2H3;1H3;1H3;;;/q-1;;-1;;;. The van der Waals surface area contributed by atoms with Crippen LogP contribution >= 0.6 is 0 Å². The maximum absolute atomic E-state index is 4.50. The summed E-state index contributed by atoms with van der Waals surface area (Å²) in [6, 6.07) is 0. The molecule has 0 rings (SSSR count). The first-order chi connectivity index (χ1) is 2.00. The van der Waals surface area contributed by atoms with Gasteiger partial charge in [-0.25, -0.2) is 0 Å². The summed E-state index contributed by atoms with van der Waals surface area (Å²) in [5.74, 6) is 0. The van der Waals surface area contributed by atoms with E-state index in [1.807, 2.05) is 0 Å². The summed E-state index contributed by atoms with van der Waals surface area (Å²) in [6.07, 6.45) is 0. The number of hydrogen-bond donors (Lipinski definition) is 0. The van der Waals surface area contributed by atoms with Crippen molar-refractivity contribution < 1.29 is 98.1 Å². The van der Waals surface area contributed by atoms with Gasteiger partial charge in [-0.15, -0.1) is 0 Å². The van der Waals surface area contributed by atoms with Gasteiger partial charge in [0.2, 0.25) is 0 Å². The van der Waals surface area contributed by atoms with E-state index in [9.17, 15) is 0 Å². The second kappa shape index (κ2) is 80.0. The molecule has 0 aromatic carbocycles. The Labute approximate surface area is 131 Å². The average molecular weight is 337 g/mol. The van der Waals surface area contributed by atoms with Crippen LogP contribution < -0.4 is 0 Å². The molecule has 0 saturated heterocycles. The van der Waals surface area contributed by atoms with Crippen LogP contribution in [0, 0.1) is 14.4 Å². The molecule has 0 heterocycles. The van der Waals surface area contributed by atoms with Gasteiger partial charge in [-0.1, -0.05) is 6.82 Å². The molecule has 0 aromatic rings. The molecule has 0 aliphatic rings. The van der Waals surface area contributed by atoms with Gasteiger partial charge < -0.3 is 14.4 Å². The monoisotopic (exact) mass is 337 g/mol. The summed E-state index contributed by atoms with van der Waals surface area (Å²) < 4.78 is 0. The molecule has 8 heavy (non-hydrogen) atoms. The van der Waals surface area contributed by atoms with Gasteiger partial charge >= 0.3 is 0 Å². The van der Waals surface area contributed by atoms with Crippen molar-refractivity contribution in [3.05, 3.63) is 14.4 Å². The van der Waals surface area contributed by atoms with Crippen LogP contribution in [0.5, 0.6) is 0 Å². The van der Waals surface area contributed by atoms with E-state index in [-0.39, 0.29) is 106 Å². The van der Waals surface area contributed by atoms with Crippen molar-refractivity contribution in [1.82, 2.24) is 0 Å². The van der Waals surface area contributed by atoms with Crippen LogP contribution in [0.1, 0.15) is 6.92 Å². The molecule has 0 bridgehead atoms. The van der Waals surface area contributed by atoms with E-state index in [1.54, 1.807) is 6.92 Å². The summed E-state index contributed by atoms with van der Waals surface area (Å²) in [5, 5.41) is 0. The molecule has 4 heteroatoms. The van der Waals surface area contributed by atoms with Crippen LogP contribution in [0.25, 0.3) is 0 Å². The minimum Gasteiger partial charge on any atom is -0.358 e. The van der Waals surface area contributed by atoms with Crippen LogP contribution in [0.4, 0.5) is 0 Å². The van der Waals surface area contributed by atoms with E-state index in [1.165, 1.54) is 6.82 Å². The van der Waals surface area contributed by atoms with Gasteiger partial charge in [-0.05, 0) is 0 Å². The molecule has 0 N–H and O–H groups in total. The zero-order chi connectivity index (χ0) is 4.00. The quantitative estimate of drug-likeness (QED) is 0.464. The van der Waals surface area contributed by atoms with E-state index < -0.39 is 0 Å². The van der Waals surface area contributed by atoms with E-state index >= 15 is 0 Å². The maximum Gasteiger partial charge on any atom is 0.0606 e. The third kappa shape index (κ3) is 57.7. The largest absolute Gasteiger partial charge is 0.358 e. The Morgan fingerprint density at radius 3 is 0.875 bits per heavy atom. The second-order valence-electron chi connectivity index (χ2n) is 0. The number of rotatable bonds is 0. The minimum absolute atomic E-state index is 0. The Hall–Kier alpha value is 3.38. The molecule has 0 unspecified atom stereocenters. The van der Waals surface area contributed by atoms with Crippen LogP contribution in [-0.4, -0.2) is 7.85 Å². The third-order valence-electron chi connectivity index (χ3n) is 0. The summed E-state index contributed by atoms with van der Waals surface area (Å²) in [7, 11) is 4.50. The molecule has 0 aromatic heterocycles. The molecular weight excluding hydrogens is 326 g/mol. The van der Waals surface area contributed by atoms with Gasteiger partial charge in [0.25, 0.3) is 0 Å². The van der Waals surface area contributed by atoms with Gasteiger partial charge in [0.05, 0.1) is 7.85 Å². The zero-order valence-electron chi connectivity index (χ0n) is 6.02. The normalized spacial score (nSPS) is 1.38. The molecule has 0 aliphatic heterocycles. The first-order valence-electron chi connectivity index (χ1n) is 1.28. The van der Waals surface area contributed by atoms with E-state index in [2.05, 4.69) is 14.8 Å². The van der Waals surface area contributed by atoms with Crippen molar-refractivity contribution in [3.63, 3.8) is 0 Å². The molecule has 0 atom stereocenters. The first kappa shape index (κ1) is 42.4. The molecule has 0 aliphatic carbocycles. The summed E-state index contributed by atoms with van der Waals surface area (Å²) >= 11 is 0. The third-order valence-corrected chi connectivity index (χ3v) is 0. The van der Waals surface area contributed by atoms with Gasteiger partial charge in [0.15, 0.2) is 0 Å². The van der Waals surface area contributed by atoms with Crippen LogP contribution in [0.15, 0.2) is 0 Å². The predicted molar refractivity (Wildman–Crippen MR) is 29.1 cm³/mol. The summed E-state index contributed by atoms with van der Waals surface area (Å²) in [6.45, 7) is 6.50. The molecule has 0 saturated carbocycles. The predicted octanol–water partition coefficient (Wildman–Crippen LogP) is 1.49. The van der Waals surface area contributed by atoms with E-state index in [4.69, 9.17) is 0 Å².